The second kappa shape index (κ2) is 7.97. The molecule has 0 aromatic heterocycles. The Balaban J connectivity index is 1.19. The molecule has 2 heterocycles. The Hall–Kier alpha value is -3.31. The molecule has 1 saturated heterocycles. The molecule has 0 saturated carbocycles. The van der Waals surface area contributed by atoms with E-state index >= 15 is 0 Å². The fourth-order valence-corrected chi connectivity index (χ4v) is 3.44. The maximum Gasteiger partial charge on any atom is 0.127 e. The van der Waals surface area contributed by atoms with Crippen molar-refractivity contribution in [3.05, 3.63) is 83.9 Å². The van der Waals surface area contributed by atoms with Crippen LogP contribution in [0.15, 0.2) is 77.8 Å². The summed E-state index contributed by atoms with van der Waals surface area (Å²) in [5.41, 5.74) is 4.70. The third-order valence-corrected chi connectivity index (χ3v) is 5.11. The summed E-state index contributed by atoms with van der Waals surface area (Å²) in [6.45, 7) is 2.21. The fraction of sp³-hybridized carbons (Fsp3) is 0.208. The summed E-state index contributed by atoms with van der Waals surface area (Å²) >= 11 is 0. The van der Waals surface area contributed by atoms with Gasteiger partial charge in [-0.05, 0) is 47.5 Å². The zero-order valence-electron chi connectivity index (χ0n) is 16.1. The molecular weight excluding hydrogens is 362 g/mol. The molecule has 5 heteroatoms. The van der Waals surface area contributed by atoms with Gasteiger partial charge in [0.15, 0.2) is 0 Å². The topological polar surface area (TPSA) is 54.9 Å². The van der Waals surface area contributed by atoms with Crippen molar-refractivity contribution in [3.63, 3.8) is 0 Å². The summed E-state index contributed by atoms with van der Waals surface area (Å²) in [4.78, 5) is 4.76. The molecule has 0 radical (unpaired) electrons. The maximum atomic E-state index is 5.84. The highest BCUT2D eigenvalue weighted by atomic mass is 16.5. The summed E-state index contributed by atoms with van der Waals surface area (Å²) in [5.74, 6) is 2.68. The summed E-state index contributed by atoms with van der Waals surface area (Å²) < 4.78 is 11.1. The Morgan fingerprint density at radius 1 is 0.966 bits per heavy atom. The number of ether oxygens (including phenoxy) is 2. The van der Waals surface area contributed by atoms with E-state index in [1.807, 2.05) is 42.5 Å². The minimum Gasteiger partial charge on any atom is -0.457 e. The van der Waals surface area contributed by atoms with Crippen molar-refractivity contribution < 1.29 is 9.47 Å². The number of nitrogens with one attached hydrogen (secondary N) is 2. The first kappa shape index (κ1) is 17.8. The lowest BCUT2D eigenvalue weighted by Gasteiger charge is -2.28. The number of fused-ring (bicyclic) bond motifs is 1. The molecule has 0 unspecified atom stereocenters. The van der Waals surface area contributed by atoms with Crippen molar-refractivity contribution in [2.24, 2.45) is 4.99 Å². The van der Waals surface area contributed by atoms with Gasteiger partial charge in [-0.1, -0.05) is 36.4 Å². The van der Waals surface area contributed by atoms with E-state index in [0.29, 0.717) is 12.6 Å². The zero-order chi connectivity index (χ0) is 19.5. The molecule has 146 valence electrons. The summed E-state index contributed by atoms with van der Waals surface area (Å²) in [6, 6.07) is 24.8. The lowest BCUT2D eigenvalue weighted by Crippen LogP contribution is -2.40. The van der Waals surface area contributed by atoms with Gasteiger partial charge in [0, 0.05) is 17.8 Å². The largest absolute Gasteiger partial charge is 0.457 e. The Morgan fingerprint density at radius 3 is 2.52 bits per heavy atom. The van der Waals surface area contributed by atoms with E-state index in [-0.39, 0.29) is 0 Å². The lowest BCUT2D eigenvalue weighted by molar-refractivity contribution is 0.0211. The molecule has 0 aliphatic carbocycles. The molecular formula is C24H23N3O2. The second-order valence-corrected chi connectivity index (χ2v) is 7.37. The van der Waals surface area contributed by atoms with Crippen LogP contribution in [-0.2, 0) is 17.7 Å². The molecule has 0 amide bonds. The summed E-state index contributed by atoms with van der Waals surface area (Å²) in [6.07, 6.45) is 0.845. The van der Waals surface area contributed by atoms with Crippen LogP contribution in [0.4, 0.5) is 11.4 Å². The number of benzene rings is 3. The van der Waals surface area contributed by atoms with Gasteiger partial charge < -0.3 is 20.1 Å². The first-order chi connectivity index (χ1) is 14.3. The molecule has 0 bridgehead atoms. The Morgan fingerprint density at radius 2 is 1.76 bits per heavy atom. The minimum atomic E-state index is 0.427. The van der Waals surface area contributed by atoms with Crippen LogP contribution in [0.3, 0.4) is 0 Å². The molecule has 0 atom stereocenters. The van der Waals surface area contributed by atoms with Gasteiger partial charge in [0.25, 0.3) is 0 Å². The van der Waals surface area contributed by atoms with Crippen molar-refractivity contribution in [3.8, 4) is 11.5 Å². The molecule has 2 N–H and O–H groups in total. The second-order valence-electron chi connectivity index (χ2n) is 7.37. The third-order valence-electron chi connectivity index (χ3n) is 5.11. The van der Waals surface area contributed by atoms with Crippen LogP contribution in [0.5, 0.6) is 11.5 Å². The maximum absolute atomic E-state index is 5.84. The Kier molecular flexibility index (Phi) is 4.88. The van der Waals surface area contributed by atoms with E-state index in [4.69, 9.17) is 14.5 Å². The van der Waals surface area contributed by atoms with Gasteiger partial charge in [-0.25, -0.2) is 0 Å². The number of anilines is 2. The van der Waals surface area contributed by atoms with Crippen molar-refractivity contribution >= 4 is 17.2 Å². The van der Waals surface area contributed by atoms with Gasteiger partial charge in [-0.2, -0.15) is 0 Å². The number of rotatable bonds is 6. The van der Waals surface area contributed by atoms with Crippen LogP contribution in [0.2, 0.25) is 0 Å². The molecule has 5 rings (SSSR count). The number of nitrogens with zero attached hydrogens (tertiary/aromatic N) is 1. The number of hydrogen-bond acceptors (Lipinski definition) is 4. The third kappa shape index (κ3) is 4.25. The van der Waals surface area contributed by atoms with E-state index in [1.54, 1.807) is 0 Å². The first-order valence-electron chi connectivity index (χ1n) is 9.91. The highest BCUT2D eigenvalue weighted by molar-refractivity contribution is 6.03. The molecule has 2 aliphatic rings. The Bertz CT molecular complexity index is 1010. The monoisotopic (exact) mass is 385 g/mol. The SMILES string of the molecule is c1ccc(Oc2ccc(CN=C3Cc4ccc(NC5COC5)cc4N3)cc2)cc1. The predicted molar refractivity (Wildman–Crippen MR) is 116 cm³/mol. The lowest BCUT2D eigenvalue weighted by atomic mass is 10.1. The minimum absolute atomic E-state index is 0.427. The van der Waals surface area contributed by atoms with Crippen LogP contribution in [0, 0.1) is 0 Å². The van der Waals surface area contributed by atoms with Crippen LogP contribution in [-0.4, -0.2) is 25.1 Å². The molecule has 29 heavy (non-hydrogen) atoms. The van der Waals surface area contributed by atoms with Gasteiger partial charge in [-0.15, -0.1) is 0 Å². The highest BCUT2D eigenvalue weighted by Gasteiger charge is 2.20. The van der Waals surface area contributed by atoms with Crippen LogP contribution in [0.1, 0.15) is 11.1 Å². The van der Waals surface area contributed by atoms with E-state index in [2.05, 4.69) is 41.0 Å². The van der Waals surface area contributed by atoms with Crippen molar-refractivity contribution in [2.75, 3.05) is 23.8 Å². The number of hydrogen-bond donors (Lipinski definition) is 2. The zero-order valence-corrected chi connectivity index (χ0v) is 16.1. The average Bonchev–Trinajstić information content (AvgIpc) is 3.13. The van der Waals surface area contributed by atoms with Gasteiger partial charge in [-0.3, -0.25) is 4.99 Å². The van der Waals surface area contributed by atoms with Crippen LogP contribution < -0.4 is 15.4 Å². The number of para-hydroxylation sites is 1. The van der Waals surface area contributed by atoms with Crippen molar-refractivity contribution in [1.29, 1.82) is 0 Å². The number of amidine groups is 1. The summed E-state index contributed by atoms with van der Waals surface area (Å²) in [7, 11) is 0. The van der Waals surface area contributed by atoms with E-state index in [1.165, 1.54) is 5.56 Å². The van der Waals surface area contributed by atoms with Crippen molar-refractivity contribution in [1.82, 2.24) is 0 Å². The van der Waals surface area contributed by atoms with Crippen molar-refractivity contribution in [2.45, 2.75) is 19.0 Å². The van der Waals surface area contributed by atoms with Gasteiger partial charge in [0.05, 0.1) is 25.8 Å². The molecule has 1 fully saturated rings. The Labute approximate surface area is 170 Å². The van der Waals surface area contributed by atoms with Gasteiger partial charge in [0.1, 0.15) is 17.3 Å². The quantitative estimate of drug-likeness (QED) is 0.636. The first-order valence-corrected chi connectivity index (χ1v) is 9.91. The number of aliphatic imine (C=N–C) groups is 1. The van der Waals surface area contributed by atoms with Gasteiger partial charge >= 0.3 is 0 Å². The standard InChI is InChI=1S/C24H23N3O2/c1-2-4-21(5-3-1)29-22-10-6-17(7-11-22)14-25-24-12-18-8-9-19(13-23(18)27-24)26-20-15-28-16-20/h1-11,13,20,26H,12,14-16H2,(H,25,27). The molecule has 3 aromatic carbocycles. The van der Waals surface area contributed by atoms with E-state index in [0.717, 1.165) is 53.9 Å². The average molecular weight is 385 g/mol. The van der Waals surface area contributed by atoms with E-state index in [9.17, 15) is 0 Å². The smallest absolute Gasteiger partial charge is 0.127 e. The molecule has 5 nitrogen and oxygen atoms in total. The fourth-order valence-electron chi connectivity index (χ4n) is 3.44. The molecule has 0 spiro atoms. The van der Waals surface area contributed by atoms with Crippen LogP contribution in [0.25, 0.3) is 0 Å². The molecule has 3 aromatic rings. The highest BCUT2D eigenvalue weighted by Crippen LogP contribution is 2.28. The normalized spacial score (nSPS) is 16.8. The molecule has 2 aliphatic heterocycles. The van der Waals surface area contributed by atoms with E-state index < -0.39 is 0 Å². The van der Waals surface area contributed by atoms with Crippen LogP contribution >= 0.6 is 0 Å². The predicted octanol–water partition coefficient (Wildman–Crippen LogP) is 4.86. The summed E-state index contributed by atoms with van der Waals surface area (Å²) in [5, 5.41) is 6.94. The van der Waals surface area contributed by atoms with Gasteiger partial charge in [0.2, 0.25) is 0 Å².